The predicted molar refractivity (Wildman–Crippen MR) is 27.8 cm³/mol. The Hall–Kier alpha value is -0.286. The van der Waals surface area contributed by atoms with E-state index in [4.69, 9.17) is 0 Å². The van der Waals surface area contributed by atoms with Crippen molar-refractivity contribution in [3.05, 3.63) is 33.1 Å². The van der Waals surface area contributed by atoms with Crippen molar-refractivity contribution in [3.63, 3.8) is 0 Å². The zero-order valence-corrected chi connectivity index (χ0v) is 7.71. The van der Waals surface area contributed by atoms with Gasteiger partial charge in [0.15, 0.2) is 0 Å². The van der Waals surface area contributed by atoms with Crippen molar-refractivity contribution < 1.29 is 37.2 Å². The monoisotopic (exact) mass is 219 g/mol. The van der Waals surface area contributed by atoms with Crippen molar-refractivity contribution in [2.45, 2.75) is 0 Å². The Balaban J connectivity index is 0.000000810. The van der Waals surface area contributed by atoms with E-state index in [0.29, 0.717) is 0 Å². The van der Waals surface area contributed by atoms with Gasteiger partial charge in [-0.1, -0.05) is 9.27 Å². The SMILES string of the molecule is O=c1cc[nH]c(=O)n1F.[Y]. The normalized spacial score (nSPS) is 8.50. The summed E-state index contributed by atoms with van der Waals surface area (Å²) in [6.45, 7) is 0. The molecule has 10 heavy (non-hydrogen) atoms. The van der Waals surface area contributed by atoms with Crippen LogP contribution in [0.1, 0.15) is 0 Å². The molecule has 1 heterocycles. The van der Waals surface area contributed by atoms with Gasteiger partial charge in [-0.2, -0.15) is 0 Å². The van der Waals surface area contributed by atoms with Gasteiger partial charge >= 0.3 is 5.69 Å². The summed E-state index contributed by atoms with van der Waals surface area (Å²) in [6.07, 6.45) is 1.08. The summed E-state index contributed by atoms with van der Waals surface area (Å²) < 4.78 is 12.0. The fourth-order valence-corrected chi connectivity index (χ4v) is 0.406. The van der Waals surface area contributed by atoms with E-state index in [-0.39, 0.29) is 32.7 Å². The molecule has 0 unspecified atom stereocenters. The molecule has 0 amide bonds. The Morgan fingerprint density at radius 1 is 1.50 bits per heavy atom. The minimum Gasteiger partial charge on any atom is -0.312 e. The zero-order valence-electron chi connectivity index (χ0n) is 4.87. The van der Waals surface area contributed by atoms with Gasteiger partial charge in [-0.25, -0.2) is 4.79 Å². The smallest absolute Gasteiger partial charge is 0.312 e. The maximum atomic E-state index is 12.0. The summed E-state index contributed by atoms with van der Waals surface area (Å²) >= 11 is 0. The predicted octanol–water partition coefficient (Wildman–Crippen LogP) is -0.733. The molecule has 1 aromatic rings. The number of halogens is 1. The third-order valence-electron chi connectivity index (χ3n) is 0.805. The van der Waals surface area contributed by atoms with Gasteiger partial charge in [0.05, 0.1) is 0 Å². The van der Waals surface area contributed by atoms with Crippen LogP contribution in [0.3, 0.4) is 0 Å². The van der Waals surface area contributed by atoms with Gasteiger partial charge in [0.2, 0.25) is 0 Å². The third-order valence-corrected chi connectivity index (χ3v) is 0.805. The first kappa shape index (κ1) is 9.71. The van der Waals surface area contributed by atoms with E-state index in [9.17, 15) is 14.1 Å². The number of rotatable bonds is 0. The molecule has 0 aliphatic rings. The van der Waals surface area contributed by atoms with Crippen LogP contribution in [0, 0.1) is 0 Å². The molecule has 0 aromatic carbocycles. The Bertz CT molecular complexity index is 289. The average molecular weight is 219 g/mol. The van der Waals surface area contributed by atoms with Crippen LogP contribution in [-0.4, -0.2) is 9.77 Å². The first-order valence-electron chi connectivity index (χ1n) is 2.19. The van der Waals surface area contributed by atoms with Gasteiger partial charge in [0.25, 0.3) is 5.56 Å². The largest absolute Gasteiger partial charge is 0.357 e. The average Bonchev–Trinajstić information content (AvgIpc) is 1.83. The van der Waals surface area contributed by atoms with Crippen molar-refractivity contribution in [2.75, 3.05) is 0 Å². The van der Waals surface area contributed by atoms with Crippen LogP contribution in [0.5, 0.6) is 0 Å². The molecule has 0 saturated carbocycles. The standard InChI is InChI=1S/C4H3FN2O2.Y/c5-7-3(8)1-2-6-4(7)9;/h1-2H,(H,6,9);. The minimum atomic E-state index is -1.05. The van der Waals surface area contributed by atoms with Crippen LogP contribution in [-0.2, 0) is 32.7 Å². The fraction of sp³-hybridized carbons (Fsp3) is 0. The summed E-state index contributed by atoms with van der Waals surface area (Å²) in [5.41, 5.74) is -2.01. The van der Waals surface area contributed by atoms with Crippen LogP contribution in [0.4, 0.5) is 4.48 Å². The molecule has 4 nitrogen and oxygen atoms in total. The summed E-state index contributed by atoms with van der Waals surface area (Å²) in [6, 6.07) is 0.918. The number of aromatic nitrogens is 2. The molecular formula is C4H3FN2O2Y. The molecular weight excluding hydrogens is 216 g/mol. The van der Waals surface area contributed by atoms with Crippen LogP contribution in [0.15, 0.2) is 21.9 Å². The summed E-state index contributed by atoms with van der Waals surface area (Å²) in [4.78, 5) is 21.9. The molecule has 0 spiro atoms. The van der Waals surface area contributed by atoms with E-state index in [0.717, 1.165) is 12.3 Å². The number of nitrogens with one attached hydrogen (secondary N) is 1. The number of aromatic amines is 1. The zero-order chi connectivity index (χ0) is 6.85. The van der Waals surface area contributed by atoms with E-state index in [1.54, 1.807) is 0 Å². The maximum absolute atomic E-state index is 12.0. The third kappa shape index (κ3) is 1.85. The maximum Gasteiger partial charge on any atom is 0.357 e. The second kappa shape index (κ2) is 3.78. The Kier molecular flexibility index (Phi) is 3.67. The van der Waals surface area contributed by atoms with Crippen molar-refractivity contribution in [1.82, 2.24) is 9.77 Å². The minimum absolute atomic E-state index is 0. The van der Waals surface area contributed by atoms with Crippen molar-refractivity contribution in [1.29, 1.82) is 0 Å². The van der Waals surface area contributed by atoms with Crippen molar-refractivity contribution >= 4 is 0 Å². The molecule has 1 radical (unpaired) electrons. The topological polar surface area (TPSA) is 54.9 Å². The summed E-state index contributed by atoms with van der Waals surface area (Å²) in [5.74, 6) is 0. The molecule has 51 valence electrons. The van der Waals surface area contributed by atoms with E-state index >= 15 is 0 Å². The van der Waals surface area contributed by atoms with Gasteiger partial charge in [0, 0.05) is 45.0 Å². The van der Waals surface area contributed by atoms with Crippen LogP contribution in [0.25, 0.3) is 0 Å². The van der Waals surface area contributed by atoms with E-state index in [1.807, 2.05) is 4.98 Å². The van der Waals surface area contributed by atoms with E-state index in [2.05, 4.69) is 0 Å². The molecule has 0 fully saturated rings. The first-order valence-corrected chi connectivity index (χ1v) is 2.19. The Morgan fingerprint density at radius 2 is 2.10 bits per heavy atom. The molecule has 0 aliphatic carbocycles. The first-order chi connectivity index (χ1) is 4.22. The van der Waals surface area contributed by atoms with Gasteiger partial charge in [0.1, 0.15) is 0 Å². The van der Waals surface area contributed by atoms with Crippen molar-refractivity contribution in [2.24, 2.45) is 0 Å². The van der Waals surface area contributed by atoms with E-state index in [1.165, 1.54) is 0 Å². The fourth-order valence-electron chi connectivity index (χ4n) is 0.406. The van der Waals surface area contributed by atoms with Gasteiger partial charge in [-0.3, -0.25) is 4.79 Å². The molecule has 0 bridgehead atoms. The number of hydrogen-bond donors (Lipinski definition) is 1. The van der Waals surface area contributed by atoms with Crippen LogP contribution in [0.2, 0.25) is 0 Å². The molecule has 1 aromatic heterocycles. The number of nitrogens with zero attached hydrogens (tertiary/aromatic N) is 1. The quantitative estimate of drug-likeness (QED) is 0.625. The van der Waals surface area contributed by atoms with Crippen LogP contribution >= 0.6 is 0 Å². The molecule has 0 aliphatic heterocycles. The summed E-state index contributed by atoms with van der Waals surface area (Å²) in [5, 5.41) is 0. The summed E-state index contributed by atoms with van der Waals surface area (Å²) in [7, 11) is 0. The Morgan fingerprint density at radius 3 is 2.50 bits per heavy atom. The van der Waals surface area contributed by atoms with E-state index < -0.39 is 16.0 Å². The second-order valence-electron chi connectivity index (χ2n) is 1.40. The molecule has 0 atom stereocenters. The van der Waals surface area contributed by atoms with Crippen LogP contribution < -0.4 is 11.2 Å². The van der Waals surface area contributed by atoms with Gasteiger partial charge in [-0.15, -0.1) is 0 Å². The molecule has 6 heteroatoms. The van der Waals surface area contributed by atoms with Gasteiger partial charge < -0.3 is 4.98 Å². The number of hydrogen-bond acceptors (Lipinski definition) is 2. The van der Waals surface area contributed by atoms with Gasteiger partial charge in [-0.05, 0) is 0 Å². The molecule has 1 rings (SSSR count). The second-order valence-corrected chi connectivity index (χ2v) is 1.40. The Labute approximate surface area is 79.9 Å². The molecule has 1 N–H and O–H groups in total. The van der Waals surface area contributed by atoms with Crippen molar-refractivity contribution in [3.8, 4) is 0 Å². The molecule has 0 saturated heterocycles. The number of H-pyrrole nitrogens is 1.